The molecule has 0 aromatic heterocycles. The van der Waals surface area contributed by atoms with E-state index in [-0.39, 0.29) is 0 Å². The standard InChI is InChI=1S/C9H16O3/c1-5-8(10)12-9(11)7(4)6(2)3/h8,10H,5H2,1-4H3. The summed E-state index contributed by atoms with van der Waals surface area (Å²) in [5, 5.41) is 8.99. The summed E-state index contributed by atoms with van der Waals surface area (Å²) >= 11 is 0. The number of allylic oxidation sites excluding steroid dienone is 1. The highest BCUT2D eigenvalue weighted by atomic mass is 16.6. The van der Waals surface area contributed by atoms with E-state index in [2.05, 4.69) is 4.74 Å². The topological polar surface area (TPSA) is 46.5 Å². The highest BCUT2D eigenvalue weighted by molar-refractivity contribution is 5.88. The Morgan fingerprint density at radius 3 is 2.25 bits per heavy atom. The molecule has 0 bridgehead atoms. The maximum absolute atomic E-state index is 11.1. The third-order valence-electron chi connectivity index (χ3n) is 1.65. The summed E-state index contributed by atoms with van der Waals surface area (Å²) in [6, 6.07) is 0. The fraction of sp³-hybridized carbons (Fsp3) is 0.667. The van der Waals surface area contributed by atoms with Crippen LogP contribution in [0, 0.1) is 0 Å². The lowest BCUT2D eigenvalue weighted by atomic mass is 10.2. The van der Waals surface area contributed by atoms with Gasteiger partial charge in [-0.05, 0) is 20.8 Å². The van der Waals surface area contributed by atoms with Crippen LogP contribution >= 0.6 is 0 Å². The van der Waals surface area contributed by atoms with Gasteiger partial charge < -0.3 is 9.84 Å². The summed E-state index contributed by atoms with van der Waals surface area (Å²) in [7, 11) is 0. The largest absolute Gasteiger partial charge is 0.433 e. The van der Waals surface area contributed by atoms with Gasteiger partial charge in [0.1, 0.15) is 0 Å². The molecule has 12 heavy (non-hydrogen) atoms. The van der Waals surface area contributed by atoms with Gasteiger partial charge in [0.2, 0.25) is 6.29 Å². The Kier molecular flexibility index (Phi) is 4.59. The molecule has 1 atom stereocenters. The molecular formula is C9H16O3. The Labute approximate surface area is 73.0 Å². The SMILES string of the molecule is CCC(O)OC(=O)C(C)=C(C)C. The van der Waals surface area contributed by atoms with Gasteiger partial charge in [-0.3, -0.25) is 0 Å². The molecular weight excluding hydrogens is 156 g/mol. The first-order valence-corrected chi connectivity index (χ1v) is 4.02. The minimum absolute atomic E-state index is 0.418. The molecule has 0 spiro atoms. The molecule has 3 heteroatoms. The number of carbonyl (C=O) groups is 1. The van der Waals surface area contributed by atoms with Crippen molar-refractivity contribution in [3.63, 3.8) is 0 Å². The highest BCUT2D eigenvalue weighted by Gasteiger charge is 2.11. The lowest BCUT2D eigenvalue weighted by Crippen LogP contribution is -2.17. The zero-order valence-electron chi connectivity index (χ0n) is 8.05. The smallest absolute Gasteiger partial charge is 0.335 e. The summed E-state index contributed by atoms with van der Waals surface area (Å²) in [5.41, 5.74) is 1.46. The van der Waals surface area contributed by atoms with Crippen LogP contribution in [0.1, 0.15) is 34.1 Å². The van der Waals surface area contributed by atoms with E-state index in [1.165, 1.54) is 0 Å². The number of carbonyl (C=O) groups excluding carboxylic acids is 1. The average Bonchev–Trinajstić information content (AvgIpc) is 2.02. The van der Waals surface area contributed by atoms with Crippen LogP contribution in [0.4, 0.5) is 0 Å². The predicted octanol–water partition coefficient (Wildman–Crippen LogP) is 1.61. The number of hydrogen-bond acceptors (Lipinski definition) is 3. The predicted molar refractivity (Wildman–Crippen MR) is 46.4 cm³/mol. The van der Waals surface area contributed by atoms with E-state index in [4.69, 9.17) is 5.11 Å². The van der Waals surface area contributed by atoms with E-state index >= 15 is 0 Å². The second kappa shape index (κ2) is 4.93. The van der Waals surface area contributed by atoms with Crippen molar-refractivity contribution >= 4 is 5.97 Å². The van der Waals surface area contributed by atoms with Crippen LogP contribution in [0.5, 0.6) is 0 Å². The maximum Gasteiger partial charge on any atom is 0.335 e. The van der Waals surface area contributed by atoms with Gasteiger partial charge in [0.25, 0.3) is 0 Å². The molecule has 0 aliphatic carbocycles. The van der Waals surface area contributed by atoms with E-state index in [0.29, 0.717) is 12.0 Å². The van der Waals surface area contributed by atoms with E-state index in [9.17, 15) is 4.79 Å². The van der Waals surface area contributed by atoms with Crippen LogP contribution in [0.15, 0.2) is 11.1 Å². The lowest BCUT2D eigenvalue weighted by molar-refractivity contribution is -0.163. The summed E-state index contributed by atoms with van der Waals surface area (Å²) in [6.45, 7) is 7.08. The van der Waals surface area contributed by atoms with Crippen LogP contribution < -0.4 is 0 Å². The molecule has 0 radical (unpaired) electrons. The van der Waals surface area contributed by atoms with Gasteiger partial charge >= 0.3 is 5.97 Å². The molecule has 0 rings (SSSR count). The maximum atomic E-state index is 11.1. The van der Waals surface area contributed by atoms with E-state index in [0.717, 1.165) is 5.57 Å². The monoisotopic (exact) mass is 172 g/mol. The van der Waals surface area contributed by atoms with E-state index in [1.807, 2.05) is 13.8 Å². The molecule has 0 aliphatic rings. The summed E-state index contributed by atoms with van der Waals surface area (Å²) < 4.78 is 4.68. The van der Waals surface area contributed by atoms with Crippen molar-refractivity contribution in [3.05, 3.63) is 11.1 Å². The molecule has 0 saturated heterocycles. The van der Waals surface area contributed by atoms with E-state index < -0.39 is 12.3 Å². The summed E-state index contributed by atoms with van der Waals surface area (Å²) in [5.74, 6) is -0.440. The number of aliphatic hydroxyl groups is 1. The Hall–Kier alpha value is -0.830. The van der Waals surface area contributed by atoms with Crippen molar-refractivity contribution in [1.29, 1.82) is 0 Å². The first-order chi connectivity index (χ1) is 5.49. The van der Waals surface area contributed by atoms with Crippen LogP contribution in [-0.2, 0) is 9.53 Å². The van der Waals surface area contributed by atoms with Gasteiger partial charge in [-0.1, -0.05) is 12.5 Å². The van der Waals surface area contributed by atoms with E-state index in [1.54, 1.807) is 13.8 Å². The first-order valence-electron chi connectivity index (χ1n) is 4.02. The second-order valence-electron chi connectivity index (χ2n) is 2.89. The minimum Gasteiger partial charge on any atom is -0.433 e. The second-order valence-corrected chi connectivity index (χ2v) is 2.89. The molecule has 0 amide bonds. The van der Waals surface area contributed by atoms with Gasteiger partial charge in [0, 0.05) is 12.0 Å². The van der Waals surface area contributed by atoms with Crippen molar-refractivity contribution in [2.24, 2.45) is 0 Å². The lowest BCUT2D eigenvalue weighted by Gasteiger charge is -2.10. The molecule has 3 nitrogen and oxygen atoms in total. The fourth-order valence-electron chi connectivity index (χ4n) is 0.499. The molecule has 0 heterocycles. The molecule has 0 fully saturated rings. The molecule has 1 unspecified atom stereocenters. The Balaban J connectivity index is 4.15. The summed E-state index contributed by atoms with van der Waals surface area (Å²) in [4.78, 5) is 11.1. The number of rotatable bonds is 3. The van der Waals surface area contributed by atoms with Crippen LogP contribution in [0.2, 0.25) is 0 Å². The Bertz CT molecular complexity index is 190. The third-order valence-corrected chi connectivity index (χ3v) is 1.65. The molecule has 0 saturated carbocycles. The van der Waals surface area contributed by atoms with Crippen molar-refractivity contribution in [3.8, 4) is 0 Å². The van der Waals surface area contributed by atoms with Gasteiger partial charge in [-0.15, -0.1) is 0 Å². The molecule has 70 valence electrons. The Morgan fingerprint density at radius 1 is 1.42 bits per heavy atom. The van der Waals surface area contributed by atoms with Gasteiger partial charge in [0.05, 0.1) is 0 Å². The fourth-order valence-corrected chi connectivity index (χ4v) is 0.499. The van der Waals surface area contributed by atoms with Gasteiger partial charge in [-0.25, -0.2) is 4.79 Å². The zero-order chi connectivity index (χ0) is 9.72. The number of esters is 1. The molecule has 0 aromatic rings. The van der Waals surface area contributed by atoms with Gasteiger partial charge in [0.15, 0.2) is 0 Å². The van der Waals surface area contributed by atoms with Crippen molar-refractivity contribution in [2.75, 3.05) is 0 Å². The average molecular weight is 172 g/mol. The molecule has 0 aliphatic heterocycles. The highest BCUT2D eigenvalue weighted by Crippen LogP contribution is 2.06. The number of ether oxygens (including phenoxy) is 1. The van der Waals surface area contributed by atoms with Crippen molar-refractivity contribution in [2.45, 2.75) is 40.4 Å². The van der Waals surface area contributed by atoms with Crippen LogP contribution in [0.25, 0.3) is 0 Å². The van der Waals surface area contributed by atoms with Gasteiger partial charge in [-0.2, -0.15) is 0 Å². The zero-order valence-corrected chi connectivity index (χ0v) is 8.05. The van der Waals surface area contributed by atoms with Crippen molar-refractivity contribution < 1.29 is 14.6 Å². The normalized spacial score (nSPS) is 12.1. The number of aliphatic hydroxyl groups excluding tert-OH is 1. The van der Waals surface area contributed by atoms with Crippen LogP contribution in [0.3, 0.4) is 0 Å². The third kappa shape index (κ3) is 3.53. The summed E-state index contributed by atoms with van der Waals surface area (Å²) in [6.07, 6.45) is -0.561. The molecule has 0 aromatic carbocycles. The minimum atomic E-state index is -0.980. The van der Waals surface area contributed by atoms with Crippen LogP contribution in [-0.4, -0.2) is 17.4 Å². The Morgan fingerprint density at radius 2 is 1.92 bits per heavy atom. The number of hydrogen-bond donors (Lipinski definition) is 1. The molecule has 1 N–H and O–H groups in total. The van der Waals surface area contributed by atoms with Crippen molar-refractivity contribution in [1.82, 2.24) is 0 Å². The quantitative estimate of drug-likeness (QED) is 0.399. The first kappa shape index (κ1) is 11.2.